The Hall–Kier alpha value is -2.60. The molecule has 22 heavy (non-hydrogen) atoms. The predicted molar refractivity (Wildman–Crippen MR) is 81.2 cm³/mol. The summed E-state index contributed by atoms with van der Waals surface area (Å²) < 4.78 is 5.70. The molecule has 2 heterocycles. The highest BCUT2D eigenvalue weighted by molar-refractivity contribution is 6.31. The van der Waals surface area contributed by atoms with Crippen LogP contribution in [0.1, 0.15) is 17.3 Å². The fourth-order valence-corrected chi connectivity index (χ4v) is 2.42. The molecular weight excluding hydrogens is 306 g/mol. The highest BCUT2D eigenvalue weighted by atomic mass is 35.5. The van der Waals surface area contributed by atoms with Crippen LogP contribution < -0.4 is 15.4 Å². The molecule has 2 N–H and O–H groups in total. The zero-order valence-corrected chi connectivity index (χ0v) is 12.4. The van der Waals surface area contributed by atoms with E-state index in [0.29, 0.717) is 16.5 Å². The minimum atomic E-state index is -0.862. The number of pyridine rings is 1. The number of fused-ring (bicyclic) bond motifs is 2. The largest absolute Gasteiger partial charge is 0.436 e. The average molecular weight is 318 g/mol. The number of aromatic nitrogens is 1. The van der Waals surface area contributed by atoms with Crippen LogP contribution >= 0.6 is 11.6 Å². The zero-order chi connectivity index (χ0) is 15.9. The van der Waals surface area contributed by atoms with Crippen LogP contribution in [0.15, 0.2) is 36.5 Å². The highest BCUT2D eigenvalue weighted by Crippen LogP contribution is 2.40. The molecule has 1 aliphatic rings. The quantitative estimate of drug-likeness (QED) is 0.921. The molecule has 1 unspecified atom stereocenters. The first kappa shape index (κ1) is 14.3. The molecule has 112 valence electrons. The average Bonchev–Trinajstić information content (AvgIpc) is 2.61. The lowest BCUT2D eigenvalue weighted by molar-refractivity contribution is -0.118. The second-order valence-corrected chi connectivity index (χ2v) is 5.26. The number of hydrogen-bond donors (Lipinski definition) is 1. The molecular formula is C15H12ClN3O3. The van der Waals surface area contributed by atoms with Crippen molar-refractivity contribution in [3.05, 3.63) is 47.1 Å². The lowest BCUT2D eigenvalue weighted by Gasteiger charge is -2.26. The first-order valence-corrected chi connectivity index (χ1v) is 6.92. The van der Waals surface area contributed by atoms with Crippen LogP contribution in [0.5, 0.6) is 11.6 Å². The van der Waals surface area contributed by atoms with Gasteiger partial charge in [0.15, 0.2) is 5.75 Å². The minimum Gasteiger partial charge on any atom is -0.436 e. The maximum atomic E-state index is 12.8. The molecule has 0 spiro atoms. The first-order chi connectivity index (χ1) is 10.5. The molecule has 0 aliphatic carbocycles. The summed E-state index contributed by atoms with van der Waals surface area (Å²) >= 11 is 6.01. The van der Waals surface area contributed by atoms with Gasteiger partial charge in [0.25, 0.3) is 5.91 Å². The number of hydrogen-bond acceptors (Lipinski definition) is 4. The van der Waals surface area contributed by atoms with Gasteiger partial charge in [-0.05, 0) is 37.3 Å². The number of nitrogens with zero attached hydrogens (tertiary/aromatic N) is 2. The van der Waals surface area contributed by atoms with Crippen LogP contribution in [0.25, 0.3) is 0 Å². The van der Waals surface area contributed by atoms with E-state index < -0.39 is 17.9 Å². The van der Waals surface area contributed by atoms with Crippen LogP contribution in [0.4, 0.5) is 5.69 Å². The highest BCUT2D eigenvalue weighted by Gasteiger charge is 2.34. The van der Waals surface area contributed by atoms with Gasteiger partial charge in [-0.15, -0.1) is 0 Å². The van der Waals surface area contributed by atoms with Gasteiger partial charge in [0, 0.05) is 11.2 Å². The Kier molecular flexibility index (Phi) is 3.46. The number of carbonyl (C=O) groups is 2. The van der Waals surface area contributed by atoms with Crippen molar-refractivity contribution in [2.45, 2.75) is 13.0 Å². The summed E-state index contributed by atoms with van der Waals surface area (Å²) in [5.74, 6) is -0.499. The van der Waals surface area contributed by atoms with Gasteiger partial charge < -0.3 is 10.5 Å². The van der Waals surface area contributed by atoms with Crippen molar-refractivity contribution in [2.24, 2.45) is 5.73 Å². The number of rotatable bonds is 2. The van der Waals surface area contributed by atoms with Crippen LogP contribution in [0.2, 0.25) is 5.02 Å². The van der Waals surface area contributed by atoms with Crippen molar-refractivity contribution in [1.29, 1.82) is 0 Å². The lowest BCUT2D eigenvalue weighted by atomic mass is 10.1. The Labute approximate surface area is 131 Å². The van der Waals surface area contributed by atoms with E-state index in [1.807, 2.05) is 0 Å². The summed E-state index contributed by atoms with van der Waals surface area (Å²) in [6, 6.07) is 7.15. The Bertz CT molecular complexity index is 778. The maximum absolute atomic E-state index is 12.8. The second kappa shape index (κ2) is 5.31. The third kappa shape index (κ3) is 2.27. The summed E-state index contributed by atoms with van der Waals surface area (Å²) in [6.45, 7) is 1.55. The van der Waals surface area contributed by atoms with Crippen molar-refractivity contribution in [3.63, 3.8) is 0 Å². The topological polar surface area (TPSA) is 85.5 Å². The fourth-order valence-electron chi connectivity index (χ4n) is 2.26. The van der Waals surface area contributed by atoms with Gasteiger partial charge in [-0.2, -0.15) is 0 Å². The molecule has 2 amide bonds. The number of halogens is 1. The third-order valence-electron chi connectivity index (χ3n) is 3.41. The Morgan fingerprint density at radius 2 is 2.18 bits per heavy atom. The van der Waals surface area contributed by atoms with E-state index >= 15 is 0 Å². The summed E-state index contributed by atoms with van der Waals surface area (Å²) in [7, 11) is 0. The zero-order valence-electron chi connectivity index (χ0n) is 11.6. The van der Waals surface area contributed by atoms with Gasteiger partial charge in [-0.25, -0.2) is 4.98 Å². The van der Waals surface area contributed by atoms with Gasteiger partial charge >= 0.3 is 0 Å². The number of nitrogens with two attached hydrogens (primary N) is 1. The molecule has 0 saturated heterocycles. The normalized spacial score (nSPS) is 14.5. The molecule has 0 bridgehead atoms. The molecule has 1 aromatic heterocycles. The Morgan fingerprint density at radius 3 is 2.91 bits per heavy atom. The van der Waals surface area contributed by atoms with Crippen molar-refractivity contribution < 1.29 is 14.3 Å². The first-order valence-electron chi connectivity index (χ1n) is 6.54. The van der Waals surface area contributed by atoms with Crippen molar-refractivity contribution in [2.75, 3.05) is 4.90 Å². The number of primary amides is 1. The third-order valence-corrected chi connectivity index (χ3v) is 3.64. The molecule has 6 nitrogen and oxygen atoms in total. The Balaban J connectivity index is 2.25. The van der Waals surface area contributed by atoms with Gasteiger partial charge in [-0.1, -0.05) is 11.6 Å². The molecule has 0 fully saturated rings. The molecule has 3 rings (SSSR count). The number of amides is 2. The van der Waals surface area contributed by atoms with E-state index in [9.17, 15) is 9.59 Å². The van der Waals surface area contributed by atoms with Crippen molar-refractivity contribution in [3.8, 4) is 11.6 Å². The van der Waals surface area contributed by atoms with E-state index in [1.165, 1.54) is 11.1 Å². The van der Waals surface area contributed by atoms with Crippen molar-refractivity contribution >= 4 is 29.1 Å². The molecule has 0 radical (unpaired) electrons. The van der Waals surface area contributed by atoms with Crippen LogP contribution in [-0.2, 0) is 4.79 Å². The van der Waals surface area contributed by atoms with Gasteiger partial charge in [0.2, 0.25) is 11.8 Å². The van der Waals surface area contributed by atoms with Crippen LogP contribution in [0, 0.1) is 0 Å². The van der Waals surface area contributed by atoms with Gasteiger partial charge in [0.05, 0.1) is 5.69 Å². The van der Waals surface area contributed by atoms with Crippen molar-refractivity contribution in [1.82, 2.24) is 4.98 Å². The SMILES string of the molecule is CC(C(N)=O)N1C(=O)c2cccnc2Oc2ccc(Cl)cc21. The van der Waals surface area contributed by atoms with Crippen LogP contribution in [0.3, 0.4) is 0 Å². The number of anilines is 1. The van der Waals surface area contributed by atoms with E-state index in [0.717, 1.165) is 0 Å². The fraction of sp³-hybridized carbons (Fsp3) is 0.133. The summed E-state index contributed by atoms with van der Waals surface area (Å²) in [6.07, 6.45) is 1.52. The summed E-state index contributed by atoms with van der Waals surface area (Å²) in [5.41, 5.74) is 6.00. The summed E-state index contributed by atoms with van der Waals surface area (Å²) in [4.78, 5) is 29.8. The molecule has 0 saturated carbocycles. The van der Waals surface area contributed by atoms with Crippen LogP contribution in [-0.4, -0.2) is 22.8 Å². The smallest absolute Gasteiger partial charge is 0.264 e. The number of carbonyl (C=O) groups excluding carboxylic acids is 2. The molecule has 2 aromatic rings. The second-order valence-electron chi connectivity index (χ2n) is 4.82. The monoisotopic (exact) mass is 317 g/mol. The number of benzene rings is 1. The minimum absolute atomic E-state index is 0.176. The number of ether oxygens (including phenoxy) is 1. The van der Waals surface area contributed by atoms with E-state index in [1.54, 1.807) is 37.3 Å². The predicted octanol–water partition coefficient (Wildman–Crippen LogP) is 2.36. The van der Waals surface area contributed by atoms with E-state index in [4.69, 9.17) is 22.1 Å². The van der Waals surface area contributed by atoms with E-state index in [-0.39, 0.29) is 11.4 Å². The Morgan fingerprint density at radius 1 is 1.41 bits per heavy atom. The molecule has 1 aromatic carbocycles. The molecule has 1 aliphatic heterocycles. The summed E-state index contributed by atoms with van der Waals surface area (Å²) in [5, 5.41) is 0.413. The lowest BCUT2D eigenvalue weighted by Crippen LogP contribution is -2.46. The van der Waals surface area contributed by atoms with E-state index in [2.05, 4.69) is 4.98 Å². The maximum Gasteiger partial charge on any atom is 0.264 e. The van der Waals surface area contributed by atoms with Gasteiger partial charge in [0.1, 0.15) is 11.6 Å². The standard InChI is InChI=1S/C15H12ClN3O3/c1-8(13(17)20)19-11-7-9(16)4-5-12(11)22-14-10(15(19)21)3-2-6-18-14/h2-8H,1H3,(H2,17,20). The molecule has 7 heteroatoms. The molecule has 1 atom stereocenters. The van der Waals surface area contributed by atoms with Gasteiger partial charge in [-0.3, -0.25) is 14.5 Å².